The third-order valence-electron chi connectivity index (χ3n) is 5.02. The van der Waals surface area contributed by atoms with Crippen LogP contribution in [-0.2, 0) is 0 Å². The summed E-state index contributed by atoms with van der Waals surface area (Å²) in [4.78, 5) is 15.0. The lowest BCUT2D eigenvalue weighted by atomic mass is 10.2. The molecule has 2 aromatic rings. The fourth-order valence-electron chi connectivity index (χ4n) is 3.49. The fourth-order valence-corrected chi connectivity index (χ4v) is 3.49. The number of benzene rings is 1. The number of nitrogens with one attached hydrogen (secondary N) is 1. The van der Waals surface area contributed by atoms with Crippen molar-refractivity contribution in [3.05, 3.63) is 41.7 Å². The van der Waals surface area contributed by atoms with E-state index in [2.05, 4.69) is 15.3 Å². The second kappa shape index (κ2) is 6.52. The number of hydrogen-bond acceptors (Lipinski definition) is 4. The van der Waals surface area contributed by atoms with E-state index >= 15 is 0 Å². The van der Waals surface area contributed by atoms with Crippen molar-refractivity contribution in [3.8, 4) is 11.4 Å². The second-order valence-corrected chi connectivity index (χ2v) is 7.01. The van der Waals surface area contributed by atoms with Crippen LogP contribution in [0.3, 0.4) is 0 Å². The second-order valence-electron chi connectivity index (χ2n) is 7.01. The van der Waals surface area contributed by atoms with Gasteiger partial charge < -0.3 is 10.1 Å². The lowest BCUT2D eigenvalue weighted by Gasteiger charge is -2.15. The number of carbonyl (C=O) groups is 1. The van der Waals surface area contributed by atoms with Gasteiger partial charge in [0.2, 0.25) is 0 Å². The molecular formula is C19H24N4O2. The molecule has 2 fully saturated rings. The Morgan fingerprint density at radius 2 is 2.12 bits per heavy atom. The predicted octanol–water partition coefficient (Wildman–Crippen LogP) is 2.16. The lowest BCUT2D eigenvalue weighted by molar-refractivity contribution is 0.0932. The molecule has 0 spiro atoms. The molecule has 6 nitrogen and oxygen atoms in total. The molecule has 1 saturated carbocycles. The first-order valence-electron chi connectivity index (χ1n) is 8.89. The standard InChI is InChI=1S/C19H24N4O2/c1-13-3-6-18(25-2)17(11-13)23-10-8-16(21-23)19(24)20-14-7-9-22(12-14)15-4-5-15/h3,6,8,10-11,14-15H,4-5,7,9,12H2,1-2H3,(H,20,24)/t14-/m1/s1. The lowest BCUT2D eigenvalue weighted by Crippen LogP contribution is -2.37. The molecule has 1 aliphatic carbocycles. The molecule has 6 heteroatoms. The topological polar surface area (TPSA) is 59.4 Å². The maximum atomic E-state index is 12.5. The summed E-state index contributed by atoms with van der Waals surface area (Å²) in [6.45, 7) is 4.07. The molecule has 0 radical (unpaired) electrons. The van der Waals surface area contributed by atoms with Crippen LogP contribution in [0.2, 0.25) is 0 Å². The number of amides is 1. The molecule has 2 heterocycles. The quantitative estimate of drug-likeness (QED) is 0.906. The van der Waals surface area contributed by atoms with Gasteiger partial charge in [0.25, 0.3) is 5.91 Å². The van der Waals surface area contributed by atoms with Crippen LogP contribution in [0.5, 0.6) is 5.75 Å². The average Bonchev–Trinajstić information content (AvgIpc) is 3.16. The first-order chi connectivity index (χ1) is 12.1. The van der Waals surface area contributed by atoms with Crippen molar-refractivity contribution in [2.75, 3.05) is 20.2 Å². The van der Waals surface area contributed by atoms with Crippen LogP contribution in [0.25, 0.3) is 5.69 Å². The van der Waals surface area contributed by atoms with E-state index in [0.29, 0.717) is 5.69 Å². The van der Waals surface area contributed by atoms with Crippen molar-refractivity contribution in [3.63, 3.8) is 0 Å². The van der Waals surface area contributed by atoms with Gasteiger partial charge in [-0.05, 0) is 49.9 Å². The van der Waals surface area contributed by atoms with Gasteiger partial charge in [0.1, 0.15) is 11.4 Å². The Balaban J connectivity index is 1.45. The molecule has 0 bridgehead atoms. The summed E-state index contributed by atoms with van der Waals surface area (Å²) in [5.41, 5.74) is 2.39. The minimum Gasteiger partial charge on any atom is -0.494 e. The van der Waals surface area contributed by atoms with Gasteiger partial charge in [-0.2, -0.15) is 5.10 Å². The van der Waals surface area contributed by atoms with Gasteiger partial charge in [-0.25, -0.2) is 4.68 Å². The summed E-state index contributed by atoms with van der Waals surface area (Å²) >= 11 is 0. The molecular weight excluding hydrogens is 316 g/mol. The van der Waals surface area contributed by atoms with Crippen LogP contribution >= 0.6 is 0 Å². The van der Waals surface area contributed by atoms with Gasteiger partial charge in [0.05, 0.1) is 7.11 Å². The summed E-state index contributed by atoms with van der Waals surface area (Å²) in [5, 5.41) is 7.57. The number of aryl methyl sites for hydroxylation is 1. The largest absolute Gasteiger partial charge is 0.494 e. The average molecular weight is 340 g/mol. The molecule has 1 N–H and O–H groups in total. The number of rotatable bonds is 5. The summed E-state index contributed by atoms with van der Waals surface area (Å²) < 4.78 is 7.11. The van der Waals surface area contributed by atoms with Gasteiger partial charge in [0, 0.05) is 31.4 Å². The van der Waals surface area contributed by atoms with Crippen LogP contribution in [0, 0.1) is 6.92 Å². The van der Waals surface area contributed by atoms with E-state index in [-0.39, 0.29) is 11.9 Å². The van der Waals surface area contributed by atoms with Gasteiger partial charge >= 0.3 is 0 Å². The molecule has 1 atom stereocenters. The van der Waals surface area contributed by atoms with E-state index in [1.165, 1.54) is 12.8 Å². The minimum absolute atomic E-state index is 0.104. The molecule has 0 unspecified atom stereocenters. The number of nitrogens with zero attached hydrogens (tertiary/aromatic N) is 3. The van der Waals surface area contributed by atoms with E-state index < -0.39 is 0 Å². The molecule has 2 aliphatic rings. The molecule has 1 aromatic heterocycles. The SMILES string of the molecule is COc1ccc(C)cc1-n1ccc(C(=O)N[C@@H]2CCN(C3CC3)C2)n1. The van der Waals surface area contributed by atoms with Crippen molar-refractivity contribution in [1.29, 1.82) is 0 Å². The highest BCUT2D eigenvalue weighted by molar-refractivity contribution is 5.92. The van der Waals surface area contributed by atoms with Crippen LogP contribution < -0.4 is 10.1 Å². The van der Waals surface area contributed by atoms with Crippen LogP contribution in [-0.4, -0.2) is 52.9 Å². The maximum Gasteiger partial charge on any atom is 0.272 e. The Kier molecular flexibility index (Phi) is 4.21. The van der Waals surface area contributed by atoms with Gasteiger partial charge in [-0.15, -0.1) is 0 Å². The fraction of sp³-hybridized carbons (Fsp3) is 0.474. The van der Waals surface area contributed by atoms with E-state index in [0.717, 1.165) is 42.6 Å². The van der Waals surface area contributed by atoms with Crippen molar-refractivity contribution in [2.45, 2.75) is 38.3 Å². The van der Waals surface area contributed by atoms with Crippen molar-refractivity contribution >= 4 is 5.91 Å². The molecule has 1 amide bonds. The Labute approximate surface area is 147 Å². The van der Waals surface area contributed by atoms with E-state index in [4.69, 9.17) is 4.74 Å². The summed E-state index contributed by atoms with van der Waals surface area (Å²) in [7, 11) is 1.64. The van der Waals surface area contributed by atoms with Gasteiger partial charge in [-0.3, -0.25) is 9.69 Å². The number of ether oxygens (including phenoxy) is 1. The van der Waals surface area contributed by atoms with E-state index in [9.17, 15) is 4.79 Å². The molecule has 4 rings (SSSR count). The smallest absolute Gasteiger partial charge is 0.272 e. The molecule has 1 aliphatic heterocycles. The van der Waals surface area contributed by atoms with Crippen LogP contribution in [0.15, 0.2) is 30.5 Å². The zero-order valence-electron chi connectivity index (χ0n) is 14.7. The molecule has 25 heavy (non-hydrogen) atoms. The zero-order valence-corrected chi connectivity index (χ0v) is 14.7. The third-order valence-corrected chi connectivity index (χ3v) is 5.02. The number of likely N-dealkylation sites (tertiary alicyclic amines) is 1. The summed E-state index contributed by atoms with van der Waals surface area (Å²) in [6, 6.07) is 8.65. The van der Waals surface area contributed by atoms with Crippen molar-refractivity contribution < 1.29 is 9.53 Å². The van der Waals surface area contributed by atoms with Crippen molar-refractivity contribution in [2.24, 2.45) is 0 Å². The third kappa shape index (κ3) is 3.39. The molecule has 132 valence electrons. The Bertz CT molecular complexity index is 781. The van der Waals surface area contributed by atoms with Gasteiger partial charge in [-0.1, -0.05) is 6.07 Å². The Morgan fingerprint density at radius 3 is 2.88 bits per heavy atom. The van der Waals surface area contributed by atoms with E-state index in [1.54, 1.807) is 24.1 Å². The van der Waals surface area contributed by atoms with Gasteiger partial charge in [0.15, 0.2) is 5.69 Å². The predicted molar refractivity (Wildman–Crippen MR) is 95.3 cm³/mol. The number of hydrogen-bond donors (Lipinski definition) is 1. The zero-order chi connectivity index (χ0) is 17.4. The monoisotopic (exact) mass is 340 g/mol. The molecule has 1 aromatic carbocycles. The van der Waals surface area contributed by atoms with Crippen molar-refractivity contribution in [1.82, 2.24) is 20.0 Å². The van der Waals surface area contributed by atoms with Crippen LogP contribution in [0.1, 0.15) is 35.3 Å². The Morgan fingerprint density at radius 1 is 1.28 bits per heavy atom. The first kappa shape index (κ1) is 16.1. The molecule has 1 saturated heterocycles. The number of aromatic nitrogens is 2. The number of methoxy groups -OCH3 is 1. The first-order valence-corrected chi connectivity index (χ1v) is 8.89. The Hall–Kier alpha value is -2.34. The van der Waals surface area contributed by atoms with E-state index in [1.807, 2.05) is 25.1 Å². The normalized spacial score (nSPS) is 20.6. The summed E-state index contributed by atoms with van der Waals surface area (Å²) in [5.74, 6) is 0.629. The minimum atomic E-state index is -0.104. The van der Waals surface area contributed by atoms with Crippen LogP contribution in [0.4, 0.5) is 0 Å². The number of carbonyl (C=O) groups excluding carboxylic acids is 1. The maximum absolute atomic E-state index is 12.5. The highest BCUT2D eigenvalue weighted by Crippen LogP contribution is 2.30. The highest BCUT2D eigenvalue weighted by atomic mass is 16.5. The summed E-state index contributed by atoms with van der Waals surface area (Å²) in [6.07, 6.45) is 5.44. The highest BCUT2D eigenvalue weighted by Gasteiger charge is 2.35.